The van der Waals surface area contributed by atoms with Crippen LogP contribution in [0.3, 0.4) is 0 Å². The first-order chi connectivity index (χ1) is 19.6. The SMILES string of the molecule is NCCCN(Cc1cccc(-c2ccc(N3CCCC3)c(NC(=O)c3ccc4c(c3)OCO4)c2)c1)C(=O)C1CC1. The maximum atomic E-state index is 13.3. The van der Waals surface area contributed by atoms with Gasteiger partial charge in [0.2, 0.25) is 12.7 Å². The summed E-state index contributed by atoms with van der Waals surface area (Å²) in [5, 5.41) is 3.17. The van der Waals surface area contributed by atoms with Crippen LogP contribution in [-0.2, 0) is 11.3 Å². The zero-order valence-electron chi connectivity index (χ0n) is 22.7. The summed E-state index contributed by atoms with van der Waals surface area (Å²) in [6.45, 7) is 3.92. The molecule has 8 nitrogen and oxygen atoms in total. The third-order valence-corrected chi connectivity index (χ3v) is 7.83. The smallest absolute Gasteiger partial charge is 0.255 e. The number of nitrogens with two attached hydrogens (primary N) is 1. The number of rotatable bonds is 10. The van der Waals surface area contributed by atoms with Gasteiger partial charge in [-0.15, -0.1) is 0 Å². The summed E-state index contributed by atoms with van der Waals surface area (Å²) < 4.78 is 10.9. The molecule has 2 amide bonds. The number of fused-ring (bicyclic) bond motifs is 1. The van der Waals surface area contributed by atoms with Crippen LogP contribution < -0.4 is 25.4 Å². The van der Waals surface area contributed by atoms with Gasteiger partial charge in [-0.05, 0) is 91.7 Å². The second kappa shape index (κ2) is 11.6. The number of nitrogens with one attached hydrogen (secondary N) is 1. The molecule has 0 atom stereocenters. The third kappa shape index (κ3) is 5.77. The molecule has 0 spiro atoms. The van der Waals surface area contributed by atoms with Crippen molar-refractivity contribution in [1.29, 1.82) is 0 Å². The Balaban J connectivity index is 1.26. The normalized spacial score (nSPS) is 15.8. The summed E-state index contributed by atoms with van der Waals surface area (Å²) in [6, 6.07) is 19.8. The van der Waals surface area contributed by atoms with Gasteiger partial charge in [-0.1, -0.05) is 24.3 Å². The Hall–Kier alpha value is -4.04. The van der Waals surface area contributed by atoms with Crippen molar-refractivity contribution in [1.82, 2.24) is 4.90 Å². The molecule has 2 heterocycles. The fourth-order valence-electron chi connectivity index (χ4n) is 5.49. The van der Waals surface area contributed by atoms with Gasteiger partial charge in [0.05, 0.1) is 11.4 Å². The molecule has 40 heavy (non-hydrogen) atoms. The van der Waals surface area contributed by atoms with Crippen LogP contribution in [0.15, 0.2) is 60.7 Å². The van der Waals surface area contributed by atoms with Crippen LogP contribution in [0.25, 0.3) is 11.1 Å². The lowest BCUT2D eigenvalue weighted by atomic mass is 10.0. The molecular formula is C32H36N4O4. The van der Waals surface area contributed by atoms with Crippen LogP contribution in [0.4, 0.5) is 11.4 Å². The third-order valence-electron chi connectivity index (χ3n) is 7.83. The van der Waals surface area contributed by atoms with Gasteiger partial charge in [0, 0.05) is 37.7 Å². The highest BCUT2D eigenvalue weighted by atomic mass is 16.7. The molecule has 0 radical (unpaired) electrons. The van der Waals surface area contributed by atoms with Gasteiger partial charge in [0.25, 0.3) is 5.91 Å². The van der Waals surface area contributed by atoms with E-state index < -0.39 is 0 Å². The van der Waals surface area contributed by atoms with Gasteiger partial charge in [0.1, 0.15) is 0 Å². The van der Waals surface area contributed by atoms with Gasteiger partial charge in [0.15, 0.2) is 11.5 Å². The molecule has 8 heteroatoms. The van der Waals surface area contributed by atoms with Gasteiger partial charge in [-0.2, -0.15) is 0 Å². The van der Waals surface area contributed by atoms with Gasteiger partial charge in [-0.3, -0.25) is 9.59 Å². The molecule has 3 N–H and O–H groups in total. The molecular weight excluding hydrogens is 504 g/mol. The van der Waals surface area contributed by atoms with E-state index in [4.69, 9.17) is 15.2 Å². The quantitative estimate of drug-likeness (QED) is 0.375. The number of ether oxygens (including phenoxy) is 2. The number of carbonyl (C=O) groups excluding carboxylic acids is 2. The Morgan fingerprint density at radius 3 is 2.55 bits per heavy atom. The molecule has 6 rings (SSSR count). The predicted molar refractivity (Wildman–Crippen MR) is 156 cm³/mol. The molecule has 3 aliphatic rings. The molecule has 0 aromatic heterocycles. The summed E-state index contributed by atoms with van der Waals surface area (Å²) in [7, 11) is 0. The van der Waals surface area contributed by atoms with Gasteiger partial charge < -0.3 is 30.3 Å². The van der Waals surface area contributed by atoms with E-state index in [2.05, 4.69) is 46.6 Å². The minimum absolute atomic E-state index is 0.167. The van der Waals surface area contributed by atoms with E-state index in [9.17, 15) is 9.59 Å². The minimum Gasteiger partial charge on any atom is -0.454 e. The number of nitrogens with zero attached hydrogens (tertiary/aromatic N) is 2. The van der Waals surface area contributed by atoms with Crippen molar-refractivity contribution >= 4 is 23.2 Å². The molecule has 1 aliphatic carbocycles. The van der Waals surface area contributed by atoms with Crippen LogP contribution in [0, 0.1) is 5.92 Å². The standard InChI is InChI=1S/C32H36N4O4/c33-13-4-16-36(32(38)23-7-8-23)20-22-5-3-6-24(17-22)25-9-11-28(35-14-1-2-15-35)27(18-25)34-31(37)26-10-12-29-30(19-26)40-21-39-29/h3,5-6,9-12,17-19,23H,1-2,4,7-8,13-16,20-21,33H2,(H,34,37). The topological polar surface area (TPSA) is 97.1 Å². The monoisotopic (exact) mass is 540 g/mol. The number of hydrogen-bond donors (Lipinski definition) is 2. The van der Waals surface area contributed by atoms with E-state index >= 15 is 0 Å². The average Bonchev–Trinajstić information content (AvgIpc) is 3.47. The largest absolute Gasteiger partial charge is 0.454 e. The highest BCUT2D eigenvalue weighted by molar-refractivity contribution is 6.06. The number of carbonyl (C=O) groups is 2. The van der Waals surface area contributed by atoms with Gasteiger partial charge >= 0.3 is 0 Å². The predicted octanol–water partition coefficient (Wildman–Crippen LogP) is 5.02. The fourth-order valence-corrected chi connectivity index (χ4v) is 5.49. The molecule has 208 valence electrons. The second-order valence-corrected chi connectivity index (χ2v) is 10.8. The molecule has 2 fully saturated rings. The minimum atomic E-state index is -0.196. The Bertz CT molecular complexity index is 1400. The zero-order chi connectivity index (χ0) is 27.5. The summed E-state index contributed by atoms with van der Waals surface area (Å²) in [4.78, 5) is 30.5. The fraction of sp³-hybridized carbons (Fsp3) is 0.375. The van der Waals surface area contributed by atoms with E-state index in [1.807, 2.05) is 11.0 Å². The van der Waals surface area contributed by atoms with Crippen molar-refractivity contribution in [3.05, 3.63) is 71.8 Å². The number of benzene rings is 3. The van der Waals surface area contributed by atoms with Crippen molar-refractivity contribution in [2.24, 2.45) is 11.7 Å². The molecule has 0 unspecified atom stereocenters. The highest BCUT2D eigenvalue weighted by Gasteiger charge is 2.33. The first kappa shape index (κ1) is 26.2. The van der Waals surface area contributed by atoms with Crippen LogP contribution in [0.5, 0.6) is 11.5 Å². The van der Waals surface area contributed by atoms with Gasteiger partial charge in [-0.25, -0.2) is 0 Å². The Labute approximate surface area is 235 Å². The molecule has 3 aromatic rings. The lowest BCUT2D eigenvalue weighted by molar-refractivity contribution is -0.133. The van der Waals surface area contributed by atoms with Crippen LogP contribution >= 0.6 is 0 Å². The lowest BCUT2D eigenvalue weighted by Crippen LogP contribution is -2.33. The van der Waals surface area contributed by atoms with Crippen molar-refractivity contribution in [3.63, 3.8) is 0 Å². The lowest BCUT2D eigenvalue weighted by Gasteiger charge is -2.24. The maximum absolute atomic E-state index is 13.3. The molecule has 3 aromatic carbocycles. The van der Waals surface area contributed by atoms with Crippen molar-refractivity contribution < 1.29 is 19.1 Å². The Kier molecular flexibility index (Phi) is 7.60. The molecule has 1 saturated carbocycles. The van der Waals surface area contributed by atoms with E-state index in [0.29, 0.717) is 36.7 Å². The maximum Gasteiger partial charge on any atom is 0.255 e. The van der Waals surface area contributed by atoms with E-state index in [1.54, 1.807) is 18.2 Å². The Morgan fingerprint density at radius 1 is 0.950 bits per heavy atom. The van der Waals surface area contributed by atoms with Crippen molar-refractivity contribution in [2.45, 2.75) is 38.6 Å². The summed E-state index contributed by atoms with van der Waals surface area (Å²) in [5.41, 5.74) is 11.2. The summed E-state index contributed by atoms with van der Waals surface area (Å²) >= 11 is 0. The van der Waals surface area contributed by atoms with E-state index in [0.717, 1.165) is 73.3 Å². The molecule has 1 saturated heterocycles. The van der Waals surface area contributed by atoms with E-state index in [-0.39, 0.29) is 24.5 Å². The summed E-state index contributed by atoms with van der Waals surface area (Å²) in [5.74, 6) is 1.45. The first-order valence-electron chi connectivity index (χ1n) is 14.3. The first-order valence-corrected chi connectivity index (χ1v) is 14.3. The molecule has 2 aliphatic heterocycles. The number of anilines is 2. The number of amides is 2. The van der Waals surface area contributed by atoms with Crippen molar-refractivity contribution in [3.8, 4) is 22.6 Å². The van der Waals surface area contributed by atoms with E-state index in [1.165, 1.54) is 0 Å². The molecule has 0 bridgehead atoms. The van der Waals surface area contributed by atoms with Crippen molar-refractivity contribution in [2.75, 3.05) is 43.2 Å². The number of hydrogen-bond acceptors (Lipinski definition) is 6. The second-order valence-electron chi connectivity index (χ2n) is 10.8. The van der Waals surface area contributed by atoms with Crippen LogP contribution in [0.1, 0.15) is 48.0 Å². The van der Waals surface area contributed by atoms with Crippen LogP contribution in [-0.4, -0.2) is 49.7 Å². The highest BCUT2D eigenvalue weighted by Crippen LogP contribution is 2.36. The zero-order valence-corrected chi connectivity index (χ0v) is 22.7. The van der Waals surface area contributed by atoms with Crippen LogP contribution in [0.2, 0.25) is 0 Å². The Morgan fingerprint density at radius 2 is 1.75 bits per heavy atom. The summed E-state index contributed by atoms with van der Waals surface area (Å²) in [6.07, 6.45) is 5.05. The average molecular weight is 541 g/mol.